The van der Waals surface area contributed by atoms with Crippen LogP contribution < -0.4 is 20.3 Å². The van der Waals surface area contributed by atoms with Crippen LogP contribution in [0.2, 0.25) is 0 Å². The average molecular weight is 439 g/mol. The molecule has 0 saturated heterocycles. The quantitative estimate of drug-likeness (QED) is 0.433. The number of carbonyl (C=O) groups is 1. The molecule has 9 nitrogen and oxygen atoms in total. The Balaban J connectivity index is 1.69. The van der Waals surface area contributed by atoms with Gasteiger partial charge in [0.2, 0.25) is 4.77 Å². The van der Waals surface area contributed by atoms with Crippen molar-refractivity contribution < 1.29 is 14.3 Å². The molecule has 0 fully saturated rings. The van der Waals surface area contributed by atoms with Crippen LogP contribution in [0.15, 0.2) is 52.4 Å². The van der Waals surface area contributed by atoms with Crippen molar-refractivity contribution in [1.82, 2.24) is 14.9 Å². The number of carbonyl (C=O) groups excluding carboxylic acids is 1. The highest BCUT2D eigenvalue weighted by Gasteiger charge is 2.09. The van der Waals surface area contributed by atoms with Crippen LogP contribution in [0, 0.1) is 18.6 Å². The van der Waals surface area contributed by atoms with Crippen LogP contribution in [-0.2, 0) is 4.79 Å². The summed E-state index contributed by atoms with van der Waals surface area (Å²) >= 11 is 5.04. The number of aryl methyl sites for hydroxylation is 2. The van der Waals surface area contributed by atoms with Crippen molar-refractivity contribution in [3.8, 4) is 11.5 Å². The highest BCUT2D eigenvalue weighted by molar-refractivity contribution is 7.71. The molecule has 0 aliphatic carbocycles. The van der Waals surface area contributed by atoms with Crippen molar-refractivity contribution >= 4 is 30.0 Å². The lowest BCUT2D eigenvalue weighted by molar-refractivity contribution is -0.118. The molecular formula is C21H21N5O4S. The van der Waals surface area contributed by atoms with Gasteiger partial charge in [0.25, 0.3) is 11.5 Å². The molecule has 10 heteroatoms. The van der Waals surface area contributed by atoms with E-state index in [2.05, 4.69) is 20.6 Å². The number of nitrogens with one attached hydrogen (secondary N) is 2. The zero-order chi connectivity index (χ0) is 22.4. The minimum Gasteiger partial charge on any atom is -0.493 e. The highest BCUT2D eigenvalue weighted by Crippen LogP contribution is 2.27. The number of H-pyrrole nitrogens is 1. The smallest absolute Gasteiger partial charge is 0.296 e. The summed E-state index contributed by atoms with van der Waals surface area (Å²) in [5.41, 5.74) is 2.28. The van der Waals surface area contributed by atoms with Crippen molar-refractivity contribution in [1.29, 1.82) is 0 Å². The predicted octanol–water partition coefficient (Wildman–Crippen LogP) is 2.83. The topological polar surface area (TPSA) is 111 Å². The molecule has 1 aromatic heterocycles. The van der Waals surface area contributed by atoms with E-state index in [1.807, 2.05) is 31.2 Å². The molecule has 160 valence electrons. The lowest BCUT2D eigenvalue weighted by Crippen LogP contribution is -2.22. The summed E-state index contributed by atoms with van der Waals surface area (Å²) in [6.45, 7) is 3.35. The standard InChI is InChI=1S/C21H21N5O4S/c1-13-4-7-16(8-5-13)23-19(27)12-30-17-9-6-15(10-18(17)29-3)11-22-26-20(28)14(2)24-25-21(26)31/h4-11H,12H2,1-3H3,(H,23,27)(H,25,31). The molecule has 0 radical (unpaired) electrons. The van der Waals surface area contributed by atoms with Crippen LogP contribution in [0.1, 0.15) is 16.8 Å². The minimum atomic E-state index is -0.411. The molecule has 0 unspecified atom stereocenters. The Hall–Kier alpha value is -3.79. The van der Waals surface area contributed by atoms with Crippen molar-refractivity contribution in [2.75, 3.05) is 19.0 Å². The van der Waals surface area contributed by atoms with Gasteiger partial charge >= 0.3 is 0 Å². The number of aromatic amines is 1. The zero-order valence-electron chi connectivity index (χ0n) is 17.2. The second kappa shape index (κ2) is 9.81. The van der Waals surface area contributed by atoms with Gasteiger partial charge in [-0.2, -0.15) is 14.9 Å². The van der Waals surface area contributed by atoms with Crippen LogP contribution in [0.5, 0.6) is 11.5 Å². The minimum absolute atomic E-state index is 0.0818. The molecule has 0 atom stereocenters. The van der Waals surface area contributed by atoms with Gasteiger partial charge in [-0.05, 0) is 62.0 Å². The van der Waals surface area contributed by atoms with Crippen LogP contribution in [-0.4, -0.2) is 40.7 Å². The third-order valence-electron chi connectivity index (χ3n) is 4.22. The van der Waals surface area contributed by atoms with Gasteiger partial charge in [-0.1, -0.05) is 17.7 Å². The first-order valence-electron chi connectivity index (χ1n) is 9.27. The number of nitrogens with zero attached hydrogens (tertiary/aromatic N) is 3. The number of amides is 1. The SMILES string of the molecule is COc1cc(C=Nn2c(=S)[nH]nc(C)c2=O)ccc1OCC(=O)Nc1ccc(C)cc1. The van der Waals surface area contributed by atoms with Crippen molar-refractivity contribution in [2.45, 2.75) is 13.8 Å². The number of aromatic nitrogens is 3. The zero-order valence-corrected chi connectivity index (χ0v) is 18.0. The Labute approximate surface area is 183 Å². The Bertz CT molecular complexity index is 1230. The highest BCUT2D eigenvalue weighted by atomic mass is 32.1. The van der Waals surface area contributed by atoms with E-state index in [4.69, 9.17) is 21.7 Å². The van der Waals surface area contributed by atoms with Crippen molar-refractivity contribution in [3.63, 3.8) is 0 Å². The predicted molar refractivity (Wildman–Crippen MR) is 120 cm³/mol. The first kappa shape index (κ1) is 21.9. The molecule has 3 aromatic rings. The lowest BCUT2D eigenvalue weighted by atomic mass is 10.2. The first-order valence-corrected chi connectivity index (χ1v) is 9.68. The molecule has 3 rings (SSSR count). The van der Waals surface area contributed by atoms with Gasteiger partial charge in [0.15, 0.2) is 18.1 Å². The second-order valence-corrected chi connectivity index (χ2v) is 6.98. The average Bonchev–Trinajstić information content (AvgIpc) is 2.77. The summed E-state index contributed by atoms with van der Waals surface area (Å²) in [5.74, 6) is 0.515. The molecule has 1 heterocycles. The Morgan fingerprint density at radius 1 is 1.23 bits per heavy atom. The van der Waals surface area contributed by atoms with Gasteiger partial charge in [-0.3, -0.25) is 14.7 Å². The number of hydrogen-bond acceptors (Lipinski definition) is 7. The lowest BCUT2D eigenvalue weighted by Gasteiger charge is -2.11. The molecule has 2 aromatic carbocycles. The van der Waals surface area contributed by atoms with Gasteiger partial charge < -0.3 is 14.8 Å². The number of benzene rings is 2. The van der Waals surface area contributed by atoms with Gasteiger partial charge in [0.05, 0.1) is 13.3 Å². The molecule has 0 aliphatic heterocycles. The van der Waals surface area contributed by atoms with Crippen molar-refractivity contribution in [2.24, 2.45) is 5.10 Å². The fourth-order valence-electron chi connectivity index (χ4n) is 2.56. The van der Waals surface area contributed by atoms with Crippen molar-refractivity contribution in [3.05, 3.63) is 74.4 Å². The Morgan fingerprint density at radius 2 is 1.97 bits per heavy atom. The molecule has 0 spiro atoms. The van der Waals surface area contributed by atoms with Gasteiger partial charge in [-0.15, -0.1) is 0 Å². The van der Waals surface area contributed by atoms with E-state index >= 15 is 0 Å². The maximum absolute atomic E-state index is 12.1. The van der Waals surface area contributed by atoms with Gasteiger partial charge in [0, 0.05) is 5.69 Å². The number of anilines is 1. The van der Waals surface area contributed by atoms with E-state index in [0.717, 1.165) is 10.2 Å². The summed E-state index contributed by atoms with van der Waals surface area (Å²) in [4.78, 5) is 24.2. The fraction of sp³-hybridized carbons (Fsp3) is 0.190. The summed E-state index contributed by atoms with van der Waals surface area (Å²) in [6.07, 6.45) is 1.46. The summed E-state index contributed by atoms with van der Waals surface area (Å²) in [7, 11) is 1.49. The molecule has 0 aliphatic rings. The van der Waals surface area contributed by atoms with E-state index in [-0.39, 0.29) is 23.0 Å². The molecule has 0 bridgehead atoms. The second-order valence-electron chi connectivity index (χ2n) is 6.59. The molecular weight excluding hydrogens is 418 g/mol. The number of methoxy groups -OCH3 is 1. The first-order chi connectivity index (χ1) is 14.9. The summed E-state index contributed by atoms with van der Waals surface area (Å²) in [6, 6.07) is 12.5. The van der Waals surface area contributed by atoms with E-state index < -0.39 is 5.56 Å². The van der Waals surface area contributed by atoms with E-state index in [0.29, 0.717) is 22.7 Å². The van der Waals surface area contributed by atoms with E-state index in [1.54, 1.807) is 25.1 Å². The number of hydrogen-bond donors (Lipinski definition) is 2. The maximum Gasteiger partial charge on any atom is 0.296 e. The summed E-state index contributed by atoms with van der Waals surface area (Å²) in [5, 5.41) is 13.2. The third-order valence-corrected chi connectivity index (χ3v) is 4.48. The number of ether oxygens (including phenoxy) is 2. The molecule has 31 heavy (non-hydrogen) atoms. The monoisotopic (exact) mass is 439 g/mol. The third kappa shape index (κ3) is 5.64. The van der Waals surface area contributed by atoms with Gasteiger partial charge in [0.1, 0.15) is 5.69 Å². The largest absolute Gasteiger partial charge is 0.493 e. The van der Waals surface area contributed by atoms with E-state index in [1.165, 1.54) is 13.3 Å². The Kier molecular flexibility index (Phi) is 6.93. The fourth-order valence-corrected chi connectivity index (χ4v) is 2.74. The van der Waals surface area contributed by atoms with Crippen LogP contribution in [0.4, 0.5) is 5.69 Å². The van der Waals surface area contributed by atoms with Crippen LogP contribution in [0.3, 0.4) is 0 Å². The van der Waals surface area contributed by atoms with E-state index in [9.17, 15) is 9.59 Å². The van der Waals surface area contributed by atoms with Crippen LogP contribution >= 0.6 is 12.2 Å². The van der Waals surface area contributed by atoms with Gasteiger partial charge in [-0.25, -0.2) is 0 Å². The molecule has 1 amide bonds. The molecule has 0 saturated carbocycles. The number of rotatable bonds is 7. The van der Waals surface area contributed by atoms with Crippen LogP contribution in [0.25, 0.3) is 0 Å². The normalized spacial score (nSPS) is 10.8. The summed E-state index contributed by atoms with van der Waals surface area (Å²) < 4.78 is 12.1. The Morgan fingerprint density at radius 3 is 2.68 bits per heavy atom. The maximum atomic E-state index is 12.1. The molecule has 2 N–H and O–H groups in total.